The van der Waals surface area contributed by atoms with Gasteiger partial charge in [-0.3, -0.25) is 4.90 Å². The molecule has 19 heavy (non-hydrogen) atoms. The van der Waals surface area contributed by atoms with Crippen molar-refractivity contribution in [2.45, 2.75) is 31.9 Å². The van der Waals surface area contributed by atoms with Gasteiger partial charge in [-0.15, -0.1) is 0 Å². The average Bonchev–Trinajstić information content (AvgIpc) is 2.38. The summed E-state index contributed by atoms with van der Waals surface area (Å²) in [6.45, 7) is 1.67. The van der Waals surface area contributed by atoms with Crippen LogP contribution in [0.5, 0.6) is 5.75 Å². The number of halogens is 2. The molecule has 1 aromatic carbocycles. The van der Waals surface area contributed by atoms with Crippen LogP contribution in [0.4, 0.5) is 8.78 Å². The monoisotopic (exact) mass is 272 g/mol. The fourth-order valence-corrected chi connectivity index (χ4v) is 2.18. The maximum absolute atomic E-state index is 12.5. The molecular formula is C14H22F2N2O. The number of methoxy groups -OCH3 is 1. The van der Waals surface area contributed by atoms with Crippen LogP contribution in [0.3, 0.4) is 0 Å². The number of hydrogen-bond acceptors (Lipinski definition) is 3. The van der Waals surface area contributed by atoms with Gasteiger partial charge in [-0.05, 0) is 31.2 Å². The van der Waals surface area contributed by atoms with Crippen LogP contribution in [0, 0.1) is 0 Å². The standard InChI is InChI=1S/C14H22F2N2O/c1-4-12(17)14(18(2)9-13(15)16)10-5-7-11(19-3)8-6-10/h5-8,12-14H,4,9,17H2,1-3H3. The quantitative estimate of drug-likeness (QED) is 0.829. The van der Waals surface area contributed by atoms with Crippen LogP contribution in [0.15, 0.2) is 24.3 Å². The summed E-state index contributed by atoms with van der Waals surface area (Å²) in [5.74, 6) is 0.740. The lowest BCUT2D eigenvalue weighted by Crippen LogP contribution is -2.40. The fraction of sp³-hybridized carbons (Fsp3) is 0.571. The van der Waals surface area contributed by atoms with E-state index in [4.69, 9.17) is 10.5 Å². The second-order valence-electron chi connectivity index (χ2n) is 4.62. The van der Waals surface area contributed by atoms with Crippen molar-refractivity contribution >= 4 is 0 Å². The van der Waals surface area contributed by atoms with E-state index in [1.807, 2.05) is 31.2 Å². The van der Waals surface area contributed by atoms with Crippen molar-refractivity contribution in [3.8, 4) is 5.75 Å². The van der Waals surface area contributed by atoms with E-state index in [0.717, 1.165) is 17.7 Å². The van der Waals surface area contributed by atoms with Crippen molar-refractivity contribution in [2.24, 2.45) is 5.73 Å². The number of benzene rings is 1. The molecule has 0 fully saturated rings. The van der Waals surface area contributed by atoms with Crippen molar-refractivity contribution in [1.29, 1.82) is 0 Å². The molecule has 0 aliphatic heterocycles. The molecule has 0 aromatic heterocycles. The Hall–Kier alpha value is -1.20. The summed E-state index contributed by atoms with van der Waals surface area (Å²) in [4.78, 5) is 1.61. The number of ether oxygens (including phenoxy) is 1. The minimum absolute atomic E-state index is 0.183. The van der Waals surface area contributed by atoms with E-state index in [2.05, 4.69) is 0 Å². The van der Waals surface area contributed by atoms with E-state index in [9.17, 15) is 8.78 Å². The summed E-state index contributed by atoms with van der Waals surface area (Å²) in [6, 6.07) is 6.99. The first kappa shape index (κ1) is 15.9. The van der Waals surface area contributed by atoms with Crippen LogP contribution in [0.2, 0.25) is 0 Å². The largest absolute Gasteiger partial charge is 0.497 e. The molecule has 0 spiro atoms. The normalized spacial score (nSPS) is 14.7. The summed E-state index contributed by atoms with van der Waals surface area (Å²) in [5, 5.41) is 0. The Labute approximate surface area is 113 Å². The third-order valence-electron chi connectivity index (χ3n) is 3.24. The highest BCUT2D eigenvalue weighted by molar-refractivity contribution is 5.30. The predicted octanol–water partition coefficient (Wildman–Crippen LogP) is 2.67. The third kappa shape index (κ3) is 4.44. The number of nitrogens with zero attached hydrogens (tertiary/aromatic N) is 1. The zero-order chi connectivity index (χ0) is 14.4. The van der Waals surface area contributed by atoms with Gasteiger partial charge in [0, 0.05) is 12.1 Å². The molecule has 0 aliphatic rings. The number of likely N-dealkylation sites (N-methyl/N-ethyl adjacent to an activating group) is 1. The van der Waals surface area contributed by atoms with Gasteiger partial charge in [0.1, 0.15) is 5.75 Å². The molecule has 0 saturated carbocycles. The Kier molecular flexibility index (Phi) is 6.18. The molecular weight excluding hydrogens is 250 g/mol. The molecule has 2 unspecified atom stereocenters. The number of hydrogen-bond donors (Lipinski definition) is 1. The zero-order valence-corrected chi connectivity index (χ0v) is 11.6. The minimum Gasteiger partial charge on any atom is -0.497 e. The lowest BCUT2D eigenvalue weighted by molar-refractivity contribution is 0.0735. The van der Waals surface area contributed by atoms with Crippen molar-refractivity contribution in [3.05, 3.63) is 29.8 Å². The molecule has 2 atom stereocenters. The number of nitrogens with two attached hydrogens (primary N) is 1. The second-order valence-corrected chi connectivity index (χ2v) is 4.62. The second kappa shape index (κ2) is 7.40. The van der Waals surface area contributed by atoms with Gasteiger partial charge in [-0.1, -0.05) is 19.1 Å². The Morgan fingerprint density at radius 1 is 1.26 bits per heavy atom. The lowest BCUT2D eigenvalue weighted by Gasteiger charge is -2.32. The van der Waals surface area contributed by atoms with Gasteiger partial charge < -0.3 is 10.5 Å². The molecule has 1 rings (SSSR count). The van der Waals surface area contributed by atoms with Crippen molar-refractivity contribution in [2.75, 3.05) is 20.7 Å². The lowest BCUT2D eigenvalue weighted by atomic mass is 9.96. The van der Waals surface area contributed by atoms with E-state index in [-0.39, 0.29) is 18.6 Å². The van der Waals surface area contributed by atoms with Crippen LogP contribution in [0.25, 0.3) is 0 Å². The Bertz CT molecular complexity index is 370. The summed E-state index contributed by atoms with van der Waals surface area (Å²) in [7, 11) is 3.27. The van der Waals surface area contributed by atoms with Gasteiger partial charge in [0.15, 0.2) is 0 Å². The Balaban J connectivity index is 2.94. The van der Waals surface area contributed by atoms with E-state index < -0.39 is 6.43 Å². The summed E-state index contributed by atoms with van der Waals surface area (Å²) in [6.07, 6.45) is -1.64. The SMILES string of the molecule is CCC(N)C(c1ccc(OC)cc1)N(C)CC(F)F. The van der Waals surface area contributed by atoms with E-state index in [0.29, 0.717) is 0 Å². The molecule has 0 amide bonds. The molecule has 0 aliphatic carbocycles. The van der Waals surface area contributed by atoms with Gasteiger partial charge in [-0.2, -0.15) is 0 Å². The van der Waals surface area contributed by atoms with Crippen LogP contribution in [-0.4, -0.2) is 38.1 Å². The maximum Gasteiger partial charge on any atom is 0.251 e. The molecule has 0 saturated heterocycles. The van der Waals surface area contributed by atoms with Gasteiger partial charge in [-0.25, -0.2) is 8.78 Å². The zero-order valence-electron chi connectivity index (χ0n) is 11.6. The summed E-state index contributed by atoms with van der Waals surface area (Å²) in [5.41, 5.74) is 7.01. The fourth-order valence-electron chi connectivity index (χ4n) is 2.18. The molecule has 0 bridgehead atoms. The van der Waals surface area contributed by atoms with E-state index in [1.54, 1.807) is 19.1 Å². The highest BCUT2D eigenvalue weighted by atomic mass is 19.3. The first-order valence-corrected chi connectivity index (χ1v) is 6.37. The molecule has 0 radical (unpaired) electrons. The molecule has 108 valence electrons. The Morgan fingerprint density at radius 3 is 2.26 bits per heavy atom. The highest BCUT2D eigenvalue weighted by Gasteiger charge is 2.25. The molecule has 2 N–H and O–H groups in total. The van der Waals surface area contributed by atoms with E-state index >= 15 is 0 Å². The van der Waals surface area contributed by atoms with Crippen molar-refractivity contribution in [3.63, 3.8) is 0 Å². The topological polar surface area (TPSA) is 38.5 Å². The predicted molar refractivity (Wildman–Crippen MR) is 72.6 cm³/mol. The van der Waals surface area contributed by atoms with Crippen LogP contribution < -0.4 is 10.5 Å². The smallest absolute Gasteiger partial charge is 0.251 e. The van der Waals surface area contributed by atoms with Crippen LogP contribution >= 0.6 is 0 Å². The molecule has 5 heteroatoms. The van der Waals surface area contributed by atoms with Gasteiger partial charge in [0.05, 0.1) is 13.7 Å². The molecule has 3 nitrogen and oxygen atoms in total. The third-order valence-corrected chi connectivity index (χ3v) is 3.24. The molecule has 0 heterocycles. The molecule has 1 aromatic rings. The Morgan fingerprint density at radius 2 is 1.84 bits per heavy atom. The van der Waals surface area contributed by atoms with Gasteiger partial charge in [0.2, 0.25) is 0 Å². The van der Waals surface area contributed by atoms with Gasteiger partial charge >= 0.3 is 0 Å². The minimum atomic E-state index is -2.37. The highest BCUT2D eigenvalue weighted by Crippen LogP contribution is 2.26. The van der Waals surface area contributed by atoms with Crippen molar-refractivity contribution in [1.82, 2.24) is 4.90 Å². The summed E-state index contributed by atoms with van der Waals surface area (Å²) >= 11 is 0. The first-order chi connectivity index (χ1) is 8.99. The van der Waals surface area contributed by atoms with Gasteiger partial charge in [0.25, 0.3) is 6.43 Å². The van der Waals surface area contributed by atoms with Crippen LogP contribution in [-0.2, 0) is 0 Å². The van der Waals surface area contributed by atoms with Crippen molar-refractivity contribution < 1.29 is 13.5 Å². The maximum atomic E-state index is 12.5. The number of rotatable bonds is 7. The van der Waals surface area contributed by atoms with E-state index in [1.165, 1.54) is 0 Å². The summed E-state index contributed by atoms with van der Waals surface area (Å²) < 4.78 is 30.2. The van der Waals surface area contributed by atoms with Crippen LogP contribution in [0.1, 0.15) is 24.9 Å². The average molecular weight is 272 g/mol. The number of alkyl halides is 2. The first-order valence-electron chi connectivity index (χ1n) is 6.37.